The highest BCUT2D eigenvalue weighted by Crippen LogP contribution is 2.29. The minimum Gasteiger partial charge on any atom is -0.489 e. The topological polar surface area (TPSA) is 55.4 Å². The fourth-order valence-electron chi connectivity index (χ4n) is 1.55. The first-order chi connectivity index (χ1) is 9.23. The molecule has 0 aliphatic rings. The van der Waals surface area contributed by atoms with E-state index in [-0.39, 0.29) is 17.8 Å². The van der Waals surface area contributed by atoms with Gasteiger partial charge in [0.25, 0.3) is 0 Å². The van der Waals surface area contributed by atoms with Crippen LogP contribution in [0.25, 0.3) is 0 Å². The van der Waals surface area contributed by atoms with E-state index in [4.69, 9.17) is 27.9 Å². The van der Waals surface area contributed by atoms with Crippen LogP contribution in [0.3, 0.4) is 0 Å². The smallest absolute Gasteiger partial charge is 0.233 e. The predicted molar refractivity (Wildman–Crippen MR) is 84.5 cm³/mol. The standard InChI is InChI=1S/C13H19Cl2NO3S/c1-9(2)19-13-5-4-11(6-12(13)15)16-20(17,18)8-10(3)7-14/h4-6,9-10,16H,7-8H2,1-3H3. The Morgan fingerprint density at radius 1 is 1.30 bits per heavy atom. The number of anilines is 1. The van der Waals surface area contributed by atoms with Crippen LogP contribution in [0, 0.1) is 5.92 Å². The molecule has 0 saturated carbocycles. The van der Waals surface area contributed by atoms with Crippen molar-refractivity contribution in [3.63, 3.8) is 0 Å². The Morgan fingerprint density at radius 3 is 2.45 bits per heavy atom. The van der Waals surface area contributed by atoms with Gasteiger partial charge in [-0.05, 0) is 38.0 Å². The van der Waals surface area contributed by atoms with Crippen molar-refractivity contribution in [2.24, 2.45) is 5.92 Å². The molecule has 0 heterocycles. The van der Waals surface area contributed by atoms with Gasteiger partial charge in [0.2, 0.25) is 10.0 Å². The number of ether oxygens (including phenoxy) is 1. The van der Waals surface area contributed by atoms with Gasteiger partial charge < -0.3 is 4.74 Å². The third kappa shape index (κ3) is 5.77. The number of rotatable bonds is 7. The van der Waals surface area contributed by atoms with E-state index in [0.29, 0.717) is 22.3 Å². The van der Waals surface area contributed by atoms with Crippen LogP contribution in [0.5, 0.6) is 5.75 Å². The molecule has 0 aliphatic carbocycles. The van der Waals surface area contributed by atoms with Gasteiger partial charge in [-0.3, -0.25) is 4.72 Å². The lowest BCUT2D eigenvalue weighted by Gasteiger charge is -2.14. The molecule has 0 spiro atoms. The molecule has 0 aromatic heterocycles. The SMILES string of the molecule is CC(CCl)CS(=O)(=O)Nc1ccc(OC(C)C)c(Cl)c1. The molecule has 0 fully saturated rings. The van der Waals surface area contributed by atoms with Crippen molar-refractivity contribution in [1.29, 1.82) is 0 Å². The summed E-state index contributed by atoms with van der Waals surface area (Å²) in [5, 5.41) is 0.365. The first-order valence-corrected chi connectivity index (χ1v) is 8.82. The van der Waals surface area contributed by atoms with E-state index in [2.05, 4.69) is 4.72 Å². The summed E-state index contributed by atoms with van der Waals surface area (Å²) in [6.45, 7) is 5.56. The van der Waals surface area contributed by atoms with Crippen molar-refractivity contribution in [3.05, 3.63) is 23.2 Å². The number of sulfonamides is 1. The number of nitrogens with one attached hydrogen (secondary N) is 1. The van der Waals surface area contributed by atoms with E-state index < -0.39 is 10.0 Å². The Bertz CT molecular complexity index is 547. The van der Waals surface area contributed by atoms with Crippen LogP contribution >= 0.6 is 23.2 Å². The summed E-state index contributed by atoms with van der Waals surface area (Å²) in [6.07, 6.45) is -0.000359. The van der Waals surface area contributed by atoms with E-state index in [1.807, 2.05) is 13.8 Å². The van der Waals surface area contributed by atoms with Crippen molar-refractivity contribution in [2.75, 3.05) is 16.4 Å². The summed E-state index contributed by atoms with van der Waals surface area (Å²) < 4.78 is 31.8. The minimum absolute atomic E-state index is 0.000359. The second-order valence-electron chi connectivity index (χ2n) is 4.95. The summed E-state index contributed by atoms with van der Waals surface area (Å²) in [7, 11) is -3.43. The van der Waals surface area contributed by atoms with Gasteiger partial charge in [0.15, 0.2) is 0 Å². The quantitative estimate of drug-likeness (QED) is 0.769. The molecule has 0 radical (unpaired) electrons. The molecule has 1 aromatic carbocycles. The molecule has 114 valence electrons. The second-order valence-corrected chi connectivity index (χ2v) is 7.44. The predicted octanol–water partition coefficient (Wildman–Crippen LogP) is 3.74. The Kier molecular flexibility index (Phi) is 6.43. The lowest BCUT2D eigenvalue weighted by atomic mass is 10.3. The summed E-state index contributed by atoms with van der Waals surface area (Å²) in [6, 6.07) is 4.79. The van der Waals surface area contributed by atoms with Gasteiger partial charge in [0, 0.05) is 5.88 Å². The summed E-state index contributed by atoms with van der Waals surface area (Å²) in [5.41, 5.74) is 0.410. The van der Waals surface area contributed by atoms with Crippen LogP contribution in [-0.4, -0.2) is 26.2 Å². The Labute approximate surface area is 130 Å². The molecular weight excluding hydrogens is 321 g/mol. The van der Waals surface area contributed by atoms with E-state index >= 15 is 0 Å². The van der Waals surface area contributed by atoms with E-state index in [0.717, 1.165) is 0 Å². The largest absolute Gasteiger partial charge is 0.489 e. The van der Waals surface area contributed by atoms with Crippen molar-refractivity contribution in [3.8, 4) is 5.75 Å². The summed E-state index contributed by atoms with van der Waals surface area (Å²) in [5.74, 6) is 0.674. The minimum atomic E-state index is -3.43. The second kappa shape index (κ2) is 7.38. The van der Waals surface area contributed by atoms with Crippen LogP contribution in [0.15, 0.2) is 18.2 Å². The molecule has 7 heteroatoms. The number of benzene rings is 1. The van der Waals surface area contributed by atoms with Gasteiger partial charge in [-0.1, -0.05) is 18.5 Å². The molecule has 0 saturated heterocycles. The number of hydrogen-bond donors (Lipinski definition) is 1. The fourth-order valence-corrected chi connectivity index (χ4v) is 3.45. The van der Waals surface area contributed by atoms with E-state index in [9.17, 15) is 8.42 Å². The zero-order chi connectivity index (χ0) is 15.3. The van der Waals surface area contributed by atoms with Gasteiger partial charge in [-0.2, -0.15) is 0 Å². The molecule has 1 aromatic rings. The summed E-state index contributed by atoms with van der Waals surface area (Å²) in [4.78, 5) is 0. The van der Waals surface area contributed by atoms with Crippen LogP contribution < -0.4 is 9.46 Å². The Morgan fingerprint density at radius 2 is 1.95 bits per heavy atom. The molecule has 20 heavy (non-hydrogen) atoms. The molecule has 1 unspecified atom stereocenters. The van der Waals surface area contributed by atoms with Gasteiger partial charge in [-0.25, -0.2) is 8.42 Å². The maximum atomic E-state index is 11.9. The van der Waals surface area contributed by atoms with Crippen LogP contribution in [0.1, 0.15) is 20.8 Å². The molecule has 0 bridgehead atoms. The van der Waals surface area contributed by atoms with Gasteiger partial charge in [0.05, 0.1) is 22.6 Å². The lowest BCUT2D eigenvalue weighted by Crippen LogP contribution is -2.22. The maximum absolute atomic E-state index is 11.9. The van der Waals surface area contributed by atoms with Crippen molar-refractivity contribution in [2.45, 2.75) is 26.9 Å². The molecule has 1 atom stereocenters. The van der Waals surface area contributed by atoms with Gasteiger partial charge in [0.1, 0.15) is 5.75 Å². The molecule has 1 N–H and O–H groups in total. The average molecular weight is 340 g/mol. The third-order valence-corrected chi connectivity index (χ3v) is 4.71. The average Bonchev–Trinajstić information content (AvgIpc) is 2.31. The van der Waals surface area contributed by atoms with Crippen LogP contribution in [0.4, 0.5) is 5.69 Å². The lowest BCUT2D eigenvalue weighted by molar-refractivity contribution is 0.242. The molecular formula is C13H19Cl2NO3S. The van der Waals surface area contributed by atoms with Crippen molar-refractivity contribution < 1.29 is 13.2 Å². The molecule has 1 rings (SSSR count). The molecule has 0 amide bonds. The number of alkyl halides is 1. The molecule has 4 nitrogen and oxygen atoms in total. The van der Waals surface area contributed by atoms with Crippen LogP contribution in [-0.2, 0) is 10.0 Å². The highest BCUT2D eigenvalue weighted by molar-refractivity contribution is 7.92. The van der Waals surface area contributed by atoms with Gasteiger partial charge in [-0.15, -0.1) is 11.6 Å². The monoisotopic (exact) mass is 339 g/mol. The normalized spacial score (nSPS) is 13.3. The fraction of sp³-hybridized carbons (Fsp3) is 0.538. The Hall–Kier alpha value is -0.650. The highest BCUT2D eigenvalue weighted by atomic mass is 35.5. The first-order valence-electron chi connectivity index (χ1n) is 6.26. The first kappa shape index (κ1) is 17.4. The maximum Gasteiger partial charge on any atom is 0.233 e. The number of hydrogen-bond acceptors (Lipinski definition) is 3. The summed E-state index contributed by atoms with van der Waals surface area (Å²) >= 11 is 11.7. The molecule has 0 aliphatic heterocycles. The zero-order valence-corrected chi connectivity index (χ0v) is 14.0. The third-order valence-electron chi connectivity index (χ3n) is 2.34. The Balaban J connectivity index is 2.81. The van der Waals surface area contributed by atoms with E-state index in [1.54, 1.807) is 19.1 Å². The van der Waals surface area contributed by atoms with Crippen LogP contribution in [0.2, 0.25) is 5.02 Å². The van der Waals surface area contributed by atoms with Gasteiger partial charge >= 0.3 is 0 Å². The highest BCUT2D eigenvalue weighted by Gasteiger charge is 2.16. The van der Waals surface area contributed by atoms with E-state index in [1.165, 1.54) is 6.07 Å². The van der Waals surface area contributed by atoms with Crippen molar-refractivity contribution >= 4 is 38.9 Å². The van der Waals surface area contributed by atoms with Crippen molar-refractivity contribution in [1.82, 2.24) is 0 Å². The number of halogens is 2. The zero-order valence-electron chi connectivity index (χ0n) is 11.7.